The van der Waals surface area contributed by atoms with E-state index in [9.17, 15) is 14.4 Å². The highest BCUT2D eigenvalue weighted by molar-refractivity contribution is 5.69. The quantitative estimate of drug-likeness (QED) is 0.282. The zero-order chi connectivity index (χ0) is 16.8. The lowest BCUT2D eigenvalue weighted by Gasteiger charge is -2.21. The normalized spacial score (nSPS) is 10.4. The van der Waals surface area contributed by atoms with Gasteiger partial charge in [0, 0.05) is 40.6 Å². The van der Waals surface area contributed by atoms with E-state index >= 15 is 0 Å². The van der Waals surface area contributed by atoms with Gasteiger partial charge in [0.2, 0.25) is 0 Å². The minimum absolute atomic E-state index is 0.198. The maximum Gasteiger partial charge on any atom is 0.307 e. The fourth-order valence-corrected chi connectivity index (χ4v) is 1.53. The van der Waals surface area contributed by atoms with Crippen molar-refractivity contribution in [3.8, 4) is 0 Å². The topological polar surface area (TPSA) is 91.4 Å². The zero-order valence-electron chi connectivity index (χ0n) is 13.5. The van der Waals surface area contributed by atoms with E-state index in [-0.39, 0.29) is 44.1 Å². The first-order valence-corrected chi connectivity index (χ1v) is 7.09. The van der Waals surface area contributed by atoms with Crippen LogP contribution in [0.15, 0.2) is 0 Å². The third kappa shape index (κ3) is 13.3. The van der Waals surface area contributed by atoms with Gasteiger partial charge in [-0.1, -0.05) is 0 Å². The van der Waals surface area contributed by atoms with Crippen molar-refractivity contribution in [1.82, 2.24) is 4.90 Å². The molecule has 0 aromatic carbocycles. The highest BCUT2D eigenvalue weighted by atomic mass is 16.6. The van der Waals surface area contributed by atoms with Crippen LogP contribution < -0.4 is 0 Å². The number of esters is 3. The van der Waals surface area contributed by atoms with Crippen molar-refractivity contribution in [2.45, 2.75) is 20.3 Å². The van der Waals surface area contributed by atoms with Crippen LogP contribution in [0.3, 0.4) is 0 Å². The molecular weight excluding hydrogens is 294 g/mol. The van der Waals surface area contributed by atoms with Gasteiger partial charge in [-0.3, -0.25) is 19.3 Å². The predicted molar refractivity (Wildman–Crippen MR) is 77.2 cm³/mol. The maximum absolute atomic E-state index is 11.5. The Labute approximate surface area is 130 Å². The molecule has 0 aliphatic rings. The van der Waals surface area contributed by atoms with E-state index in [1.54, 1.807) is 0 Å². The summed E-state index contributed by atoms with van der Waals surface area (Å²) >= 11 is 0. The Morgan fingerprint density at radius 2 is 1.32 bits per heavy atom. The number of carbonyl (C=O) groups excluding carboxylic acids is 3. The lowest BCUT2D eigenvalue weighted by atomic mass is 10.3. The summed E-state index contributed by atoms with van der Waals surface area (Å²) in [5.74, 6) is -1.06. The Hall–Kier alpha value is -1.67. The van der Waals surface area contributed by atoms with Crippen molar-refractivity contribution in [1.29, 1.82) is 0 Å². The molecule has 0 atom stereocenters. The van der Waals surface area contributed by atoms with Gasteiger partial charge in [0.05, 0.1) is 13.0 Å². The number of hydrogen-bond donors (Lipinski definition) is 0. The van der Waals surface area contributed by atoms with Crippen LogP contribution >= 0.6 is 0 Å². The molecule has 0 aliphatic heterocycles. The first kappa shape index (κ1) is 20.3. The number of hydrogen-bond acceptors (Lipinski definition) is 8. The molecule has 0 aromatic rings. The molecule has 128 valence electrons. The van der Waals surface area contributed by atoms with Crippen LogP contribution in [-0.2, 0) is 33.3 Å². The number of ether oxygens (including phenoxy) is 4. The smallest absolute Gasteiger partial charge is 0.307 e. The van der Waals surface area contributed by atoms with Crippen molar-refractivity contribution in [3.63, 3.8) is 0 Å². The Morgan fingerprint density at radius 3 is 1.77 bits per heavy atom. The van der Waals surface area contributed by atoms with Gasteiger partial charge in [-0.15, -0.1) is 0 Å². The molecule has 0 fully saturated rings. The fourth-order valence-electron chi connectivity index (χ4n) is 1.53. The summed E-state index contributed by atoms with van der Waals surface area (Å²) in [7, 11) is 1.53. The van der Waals surface area contributed by atoms with Crippen LogP contribution in [0.5, 0.6) is 0 Å². The first-order valence-electron chi connectivity index (χ1n) is 7.09. The number of methoxy groups -OCH3 is 1. The summed E-state index contributed by atoms with van der Waals surface area (Å²) in [5.41, 5.74) is 0. The molecule has 0 N–H and O–H groups in total. The molecule has 0 unspecified atom stereocenters. The molecule has 0 heterocycles. The predicted octanol–water partition coefficient (Wildman–Crippen LogP) is -0.00570. The van der Waals surface area contributed by atoms with E-state index in [1.807, 2.05) is 4.90 Å². The Morgan fingerprint density at radius 1 is 0.773 bits per heavy atom. The third-order valence-electron chi connectivity index (χ3n) is 2.61. The molecule has 0 saturated heterocycles. The summed E-state index contributed by atoms with van der Waals surface area (Å²) in [6.45, 7) is 4.99. The van der Waals surface area contributed by atoms with Crippen molar-refractivity contribution in [2.75, 3.05) is 53.2 Å². The molecule has 0 amide bonds. The van der Waals surface area contributed by atoms with Gasteiger partial charge >= 0.3 is 17.9 Å². The molecule has 0 bridgehead atoms. The lowest BCUT2D eigenvalue weighted by Crippen LogP contribution is -2.34. The summed E-state index contributed by atoms with van der Waals surface area (Å²) in [6, 6.07) is 0. The second-order valence-corrected chi connectivity index (χ2v) is 4.48. The van der Waals surface area contributed by atoms with Crippen LogP contribution in [0.1, 0.15) is 20.3 Å². The van der Waals surface area contributed by atoms with Gasteiger partial charge in [-0.25, -0.2) is 0 Å². The lowest BCUT2D eigenvalue weighted by molar-refractivity contribution is -0.146. The Kier molecular flexibility index (Phi) is 12.0. The zero-order valence-corrected chi connectivity index (χ0v) is 13.5. The number of rotatable bonds is 12. The summed E-state index contributed by atoms with van der Waals surface area (Å²) in [5, 5.41) is 0. The van der Waals surface area contributed by atoms with Gasteiger partial charge in [0.1, 0.15) is 19.8 Å². The van der Waals surface area contributed by atoms with Crippen LogP contribution in [0.2, 0.25) is 0 Å². The van der Waals surface area contributed by atoms with E-state index in [0.717, 1.165) is 0 Å². The molecule has 0 aliphatic carbocycles. The largest absolute Gasteiger partial charge is 0.465 e. The van der Waals surface area contributed by atoms with Gasteiger partial charge in [-0.2, -0.15) is 0 Å². The standard InChI is InChI=1S/C14H25NO7/c1-12(16)20-8-6-15(7-9-21-13(2)17)5-4-14(18)22-11-10-19-3/h4-11H2,1-3H3. The van der Waals surface area contributed by atoms with Crippen molar-refractivity contribution < 1.29 is 33.3 Å². The number of nitrogens with zero attached hydrogens (tertiary/aromatic N) is 1. The molecule has 0 aromatic heterocycles. The van der Waals surface area contributed by atoms with Gasteiger partial charge in [0.15, 0.2) is 0 Å². The van der Waals surface area contributed by atoms with Crippen LogP contribution in [0.4, 0.5) is 0 Å². The van der Waals surface area contributed by atoms with Crippen LogP contribution in [-0.4, -0.2) is 76.0 Å². The van der Waals surface area contributed by atoms with Crippen molar-refractivity contribution in [2.24, 2.45) is 0 Å². The SMILES string of the molecule is COCCOC(=O)CCN(CCOC(C)=O)CCOC(C)=O. The van der Waals surface area contributed by atoms with Crippen molar-refractivity contribution in [3.05, 3.63) is 0 Å². The maximum atomic E-state index is 11.5. The second kappa shape index (κ2) is 13.0. The molecular formula is C14H25NO7. The van der Waals surface area contributed by atoms with Crippen LogP contribution in [0.25, 0.3) is 0 Å². The molecule has 0 radical (unpaired) electrons. The Bertz CT molecular complexity index is 326. The molecule has 0 rings (SSSR count). The summed E-state index contributed by atoms with van der Waals surface area (Å²) in [6.07, 6.45) is 0.198. The minimum atomic E-state index is -0.362. The third-order valence-corrected chi connectivity index (χ3v) is 2.61. The monoisotopic (exact) mass is 319 g/mol. The van der Waals surface area contributed by atoms with Gasteiger partial charge in [-0.05, 0) is 0 Å². The van der Waals surface area contributed by atoms with Gasteiger partial charge in [0.25, 0.3) is 0 Å². The van der Waals surface area contributed by atoms with E-state index in [1.165, 1.54) is 21.0 Å². The van der Waals surface area contributed by atoms with E-state index < -0.39 is 0 Å². The highest BCUT2D eigenvalue weighted by Gasteiger charge is 2.10. The van der Waals surface area contributed by atoms with Crippen LogP contribution in [0, 0.1) is 0 Å². The van der Waals surface area contributed by atoms with E-state index in [0.29, 0.717) is 26.2 Å². The fraction of sp³-hybridized carbons (Fsp3) is 0.786. The molecule has 0 spiro atoms. The van der Waals surface area contributed by atoms with Gasteiger partial charge < -0.3 is 18.9 Å². The second-order valence-electron chi connectivity index (χ2n) is 4.48. The molecule has 0 saturated carbocycles. The molecule has 8 nitrogen and oxygen atoms in total. The number of carbonyl (C=O) groups is 3. The average molecular weight is 319 g/mol. The summed E-state index contributed by atoms with van der Waals surface area (Å²) in [4.78, 5) is 34.9. The molecule has 22 heavy (non-hydrogen) atoms. The molecule has 8 heteroatoms. The van der Waals surface area contributed by atoms with E-state index in [4.69, 9.17) is 18.9 Å². The van der Waals surface area contributed by atoms with Crippen molar-refractivity contribution >= 4 is 17.9 Å². The minimum Gasteiger partial charge on any atom is -0.465 e. The summed E-state index contributed by atoms with van der Waals surface area (Å²) < 4.78 is 19.5. The van der Waals surface area contributed by atoms with E-state index in [2.05, 4.69) is 0 Å². The Balaban J connectivity index is 4.05. The first-order chi connectivity index (χ1) is 10.5. The highest BCUT2D eigenvalue weighted by Crippen LogP contribution is 1.96. The average Bonchev–Trinajstić information content (AvgIpc) is 2.43.